The van der Waals surface area contributed by atoms with E-state index >= 15 is 0 Å². The Balaban J connectivity index is 1.87. The molecule has 0 aliphatic carbocycles. The number of fused-ring (bicyclic) bond motifs is 1. The molecule has 0 amide bonds. The molecular formula is C27H28N2O2S. The summed E-state index contributed by atoms with van der Waals surface area (Å²) in [6, 6.07) is 11.9. The lowest BCUT2D eigenvalue weighted by Gasteiger charge is -2.15. The van der Waals surface area contributed by atoms with E-state index in [1.807, 2.05) is 57.3 Å². The Hall–Kier alpha value is -3.05. The van der Waals surface area contributed by atoms with E-state index in [1.54, 1.807) is 4.57 Å². The van der Waals surface area contributed by atoms with Crippen LogP contribution in [0.4, 0.5) is 0 Å². The molecule has 2 heterocycles. The molecule has 0 radical (unpaired) electrons. The lowest BCUT2D eigenvalue weighted by Crippen LogP contribution is -2.29. The van der Waals surface area contributed by atoms with Crippen LogP contribution in [0.5, 0.6) is 0 Å². The predicted octanol–water partition coefficient (Wildman–Crippen LogP) is 6.36. The van der Waals surface area contributed by atoms with Gasteiger partial charge in [-0.3, -0.25) is 14.2 Å². The topological polar surface area (TPSA) is 52.0 Å². The van der Waals surface area contributed by atoms with Gasteiger partial charge >= 0.3 is 0 Å². The van der Waals surface area contributed by atoms with E-state index in [1.165, 1.54) is 22.5 Å². The summed E-state index contributed by atoms with van der Waals surface area (Å²) in [7, 11) is 0. The van der Waals surface area contributed by atoms with Gasteiger partial charge in [0, 0.05) is 22.4 Å². The van der Waals surface area contributed by atoms with Gasteiger partial charge in [0.1, 0.15) is 10.7 Å². The molecule has 0 aliphatic rings. The fourth-order valence-corrected chi connectivity index (χ4v) is 4.85. The van der Waals surface area contributed by atoms with Gasteiger partial charge in [-0.1, -0.05) is 44.2 Å². The molecule has 5 heteroatoms. The van der Waals surface area contributed by atoms with Crippen LogP contribution in [0.1, 0.15) is 58.2 Å². The molecule has 4 aromatic rings. The first-order valence-corrected chi connectivity index (χ1v) is 11.8. The molecule has 0 unspecified atom stereocenters. The molecule has 0 atom stereocenters. The van der Waals surface area contributed by atoms with Gasteiger partial charge in [0.15, 0.2) is 5.78 Å². The molecule has 0 N–H and O–H groups in total. The second-order valence-corrected chi connectivity index (χ2v) is 9.72. The molecule has 4 nitrogen and oxygen atoms in total. The van der Waals surface area contributed by atoms with Gasteiger partial charge in [0.25, 0.3) is 5.56 Å². The third-order valence-corrected chi connectivity index (χ3v) is 7.06. The maximum atomic E-state index is 13.7. The van der Waals surface area contributed by atoms with Gasteiger partial charge in [0.2, 0.25) is 0 Å². The summed E-state index contributed by atoms with van der Waals surface area (Å²) in [6.45, 7) is 12.2. The van der Waals surface area contributed by atoms with Crippen LogP contribution in [0.15, 0.2) is 46.6 Å². The highest BCUT2D eigenvalue weighted by atomic mass is 32.1. The van der Waals surface area contributed by atoms with Crippen molar-refractivity contribution in [2.45, 2.75) is 54.0 Å². The molecule has 164 valence electrons. The highest BCUT2D eigenvalue weighted by Gasteiger charge is 2.21. The number of nitrogens with zero attached hydrogens (tertiary/aromatic N) is 2. The zero-order chi connectivity index (χ0) is 23.2. The summed E-state index contributed by atoms with van der Waals surface area (Å²) >= 11 is 1.48. The Labute approximate surface area is 192 Å². The molecule has 0 spiro atoms. The number of aryl methyl sites for hydroxylation is 4. The Morgan fingerprint density at radius 3 is 2.25 bits per heavy atom. The summed E-state index contributed by atoms with van der Waals surface area (Å²) in [5.41, 5.74) is 6.95. The summed E-state index contributed by atoms with van der Waals surface area (Å²) in [4.78, 5) is 32.4. The van der Waals surface area contributed by atoms with Gasteiger partial charge in [-0.05, 0) is 61.6 Å². The average Bonchev–Trinajstić information content (AvgIpc) is 3.18. The van der Waals surface area contributed by atoms with Crippen molar-refractivity contribution in [1.29, 1.82) is 0 Å². The van der Waals surface area contributed by atoms with Crippen LogP contribution in [0, 0.1) is 27.7 Å². The minimum absolute atomic E-state index is 0.0139. The van der Waals surface area contributed by atoms with Crippen LogP contribution in [-0.4, -0.2) is 15.3 Å². The van der Waals surface area contributed by atoms with Crippen molar-refractivity contribution in [3.63, 3.8) is 0 Å². The van der Waals surface area contributed by atoms with Crippen molar-refractivity contribution in [2.75, 3.05) is 0 Å². The minimum atomic E-state index is -0.148. The summed E-state index contributed by atoms with van der Waals surface area (Å²) in [5, 5.41) is 2.60. The van der Waals surface area contributed by atoms with Gasteiger partial charge in [-0.25, -0.2) is 4.98 Å². The minimum Gasteiger partial charge on any atom is -0.292 e. The normalized spacial score (nSPS) is 11.5. The molecular weight excluding hydrogens is 416 g/mol. The van der Waals surface area contributed by atoms with E-state index in [-0.39, 0.29) is 23.8 Å². The maximum absolute atomic E-state index is 13.7. The monoisotopic (exact) mass is 444 g/mol. The Morgan fingerprint density at radius 1 is 0.969 bits per heavy atom. The second-order valence-electron chi connectivity index (χ2n) is 8.87. The van der Waals surface area contributed by atoms with Crippen LogP contribution >= 0.6 is 11.3 Å². The Morgan fingerprint density at radius 2 is 1.62 bits per heavy atom. The smallest absolute Gasteiger partial charge is 0.263 e. The van der Waals surface area contributed by atoms with Crippen LogP contribution in [0.3, 0.4) is 0 Å². The molecule has 4 rings (SSSR count). The fraction of sp³-hybridized carbons (Fsp3) is 0.296. The lowest BCUT2D eigenvalue weighted by atomic mass is 10.0. The van der Waals surface area contributed by atoms with E-state index in [0.29, 0.717) is 16.8 Å². The quantitative estimate of drug-likeness (QED) is 0.336. The Bertz CT molecular complexity index is 1410. The number of Topliss-reactive ketones (excluding diaryl/α,β-unsaturated/α-hetero) is 1. The van der Waals surface area contributed by atoms with Gasteiger partial charge < -0.3 is 0 Å². The van der Waals surface area contributed by atoms with E-state index in [0.717, 1.165) is 27.1 Å². The number of benzene rings is 2. The zero-order valence-corrected chi connectivity index (χ0v) is 20.3. The largest absolute Gasteiger partial charge is 0.292 e. The van der Waals surface area contributed by atoms with Crippen LogP contribution < -0.4 is 5.56 Å². The summed E-state index contributed by atoms with van der Waals surface area (Å²) in [5.74, 6) is 0.584. The molecule has 0 fully saturated rings. The lowest BCUT2D eigenvalue weighted by molar-refractivity contribution is 0.0969. The molecule has 0 aliphatic heterocycles. The van der Waals surface area contributed by atoms with E-state index in [4.69, 9.17) is 4.98 Å². The second kappa shape index (κ2) is 8.47. The van der Waals surface area contributed by atoms with Crippen molar-refractivity contribution in [3.8, 4) is 11.1 Å². The van der Waals surface area contributed by atoms with Crippen molar-refractivity contribution in [1.82, 2.24) is 9.55 Å². The number of rotatable bonds is 5. The van der Waals surface area contributed by atoms with Crippen molar-refractivity contribution in [2.24, 2.45) is 0 Å². The fourth-order valence-electron chi connectivity index (χ4n) is 3.90. The first-order valence-electron chi connectivity index (χ1n) is 10.9. The number of carbonyl (C=O) groups is 1. The first kappa shape index (κ1) is 22.2. The summed E-state index contributed by atoms with van der Waals surface area (Å²) < 4.78 is 1.57. The van der Waals surface area contributed by atoms with Gasteiger partial charge in [0.05, 0.1) is 11.9 Å². The number of hydrogen-bond donors (Lipinski definition) is 0. The summed E-state index contributed by atoms with van der Waals surface area (Å²) in [6.07, 6.45) is 0. The molecule has 0 saturated carbocycles. The van der Waals surface area contributed by atoms with Crippen molar-refractivity contribution in [3.05, 3.63) is 85.8 Å². The molecule has 0 saturated heterocycles. The van der Waals surface area contributed by atoms with Crippen LogP contribution in [0.25, 0.3) is 21.3 Å². The van der Waals surface area contributed by atoms with Crippen molar-refractivity contribution < 1.29 is 4.79 Å². The van der Waals surface area contributed by atoms with E-state index in [9.17, 15) is 9.59 Å². The number of thiophene rings is 1. The number of hydrogen-bond acceptors (Lipinski definition) is 4. The SMILES string of the molecule is Cc1ccc(C(=O)Cn2c(C(C)C)nc3scc(-c4ccc(C)c(C)c4)c3c2=O)cc1C. The average molecular weight is 445 g/mol. The molecule has 2 aromatic carbocycles. The van der Waals surface area contributed by atoms with E-state index < -0.39 is 0 Å². The molecule has 32 heavy (non-hydrogen) atoms. The predicted molar refractivity (Wildman–Crippen MR) is 133 cm³/mol. The van der Waals surface area contributed by atoms with Crippen LogP contribution in [0.2, 0.25) is 0 Å². The third kappa shape index (κ3) is 3.93. The number of ketones is 1. The van der Waals surface area contributed by atoms with E-state index in [2.05, 4.69) is 26.0 Å². The zero-order valence-electron chi connectivity index (χ0n) is 19.4. The van der Waals surface area contributed by atoms with Gasteiger partial charge in [-0.2, -0.15) is 0 Å². The molecule has 0 bridgehead atoms. The van der Waals surface area contributed by atoms with Crippen molar-refractivity contribution >= 4 is 27.3 Å². The standard InChI is InChI=1S/C27H28N2O2S/c1-15(2)25-28-26-24(22(14-32-26)20-9-7-16(3)18(5)11-20)27(31)29(25)13-23(30)21-10-8-17(4)19(6)12-21/h7-12,14-15H,13H2,1-6H3. The third-order valence-electron chi connectivity index (χ3n) is 6.19. The maximum Gasteiger partial charge on any atom is 0.263 e. The van der Waals surface area contributed by atoms with Crippen LogP contribution in [-0.2, 0) is 6.54 Å². The van der Waals surface area contributed by atoms with Gasteiger partial charge in [-0.15, -0.1) is 11.3 Å². The number of carbonyl (C=O) groups excluding carboxylic acids is 1. The Kier molecular flexibility index (Phi) is 5.87. The highest BCUT2D eigenvalue weighted by Crippen LogP contribution is 2.32. The highest BCUT2D eigenvalue weighted by molar-refractivity contribution is 7.17. The number of aromatic nitrogens is 2. The molecule has 2 aromatic heterocycles. The first-order chi connectivity index (χ1) is 15.2.